The molecule has 0 saturated heterocycles. The van der Waals surface area contributed by atoms with Crippen LogP contribution in [0.2, 0.25) is 0 Å². The van der Waals surface area contributed by atoms with Crippen LogP contribution in [0, 0.1) is 0 Å². The van der Waals surface area contributed by atoms with Crippen molar-refractivity contribution in [1.29, 1.82) is 0 Å². The van der Waals surface area contributed by atoms with Crippen LogP contribution >= 0.6 is 0 Å². The van der Waals surface area contributed by atoms with Gasteiger partial charge in [-0.15, -0.1) is 0 Å². The average Bonchev–Trinajstić information content (AvgIpc) is 2.83. The lowest BCUT2D eigenvalue weighted by Gasteiger charge is -2.22. The number of carboxylic acid groups (broad SMARTS) is 1. The number of amides is 3. The van der Waals surface area contributed by atoms with Gasteiger partial charge in [-0.05, 0) is 36.6 Å². The van der Waals surface area contributed by atoms with E-state index in [1.807, 2.05) is 6.07 Å². The van der Waals surface area contributed by atoms with Gasteiger partial charge >= 0.3 is 5.97 Å². The molecule has 0 aliphatic carbocycles. The van der Waals surface area contributed by atoms with Crippen molar-refractivity contribution in [3.8, 4) is 5.75 Å². The maximum atomic E-state index is 12.5. The van der Waals surface area contributed by atoms with E-state index in [0.717, 1.165) is 5.56 Å². The van der Waals surface area contributed by atoms with Crippen LogP contribution in [-0.4, -0.2) is 69.8 Å². The second kappa shape index (κ2) is 13.1. The topological polar surface area (TPSA) is 191 Å². The minimum Gasteiger partial charge on any atom is -0.508 e. The summed E-state index contributed by atoms with van der Waals surface area (Å²) < 4.78 is 0. The van der Waals surface area contributed by atoms with Crippen molar-refractivity contribution in [2.75, 3.05) is 6.61 Å². The number of aliphatic hydroxyl groups excluding tert-OH is 1. The van der Waals surface area contributed by atoms with Crippen LogP contribution in [0.15, 0.2) is 54.6 Å². The summed E-state index contributed by atoms with van der Waals surface area (Å²) in [5.41, 5.74) is 7.29. The Balaban J connectivity index is 1.91. The number of phenolic OH excluding ortho intramolecular Hbond substituents is 1. The van der Waals surface area contributed by atoms with E-state index in [1.165, 1.54) is 31.2 Å². The van der Waals surface area contributed by atoms with E-state index in [9.17, 15) is 34.5 Å². The first kappa shape index (κ1) is 27.3. The summed E-state index contributed by atoms with van der Waals surface area (Å²) in [6.07, 6.45) is 0.180. The number of hydrogen-bond acceptors (Lipinski definition) is 7. The fourth-order valence-corrected chi connectivity index (χ4v) is 3.18. The minimum atomic E-state index is -1.35. The number of aliphatic hydroxyl groups is 1. The smallest absolute Gasteiger partial charge is 0.326 e. The lowest BCUT2D eigenvalue weighted by molar-refractivity contribution is -0.142. The third-order valence-corrected chi connectivity index (χ3v) is 5.19. The van der Waals surface area contributed by atoms with Gasteiger partial charge in [-0.25, -0.2) is 4.79 Å². The summed E-state index contributed by atoms with van der Waals surface area (Å²) in [6.45, 7) is 0.604. The molecule has 2 aromatic rings. The van der Waals surface area contributed by atoms with Crippen LogP contribution in [0.25, 0.3) is 0 Å². The average molecular weight is 487 g/mol. The third kappa shape index (κ3) is 8.72. The van der Waals surface area contributed by atoms with E-state index in [-0.39, 0.29) is 18.6 Å². The first-order valence-corrected chi connectivity index (χ1v) is 10.9. The summed E-state index contributed by atoms with van der Waals surface area (Å²) in [4.78, 5) is 48.9. The van der Waals surface area contributed by atoms with Crippen molar-refractivity contribution in [1.82, 2.24) is 16.0 Å². The standard InChI is InChI=1S/C24H30N4O7/c1-14(21(31)27-19(24(34)35)12-16-7-9-17(30)10-8-16)26-23(33)20(13-29)28-22(32)18(25)11-15-5-3-2-4-6-15/h2-10,14,18-20,29-30H,11-13,25H2,1H3,(H,26,33)(H,27,31)(H,28,32)(H,34,35). The molecule has 188 valence electrons. The van der Waals surface area contributed by atoms with Crippen LogP contribution in [0.4, 0.5) is 0 Å². The van der Waals surface area contributed by atoms with Crippen LogP contribution in [0.3, 0.4) is 0 Å². The van der Waals surface area contributed by atoms with Crippen molar-refractivity contribution in [3.05, 3.63) is 65.7 Å². The monoisotopic (exact) mass is 486 g/mol. The molecule has 0 spiro atoms. The molecule has 11 nitrogen and oxygen atoms in total. The van der Waals surface area contributed by atoms with Gasteiger partial charge in [0.2, 0.25) is 17.7 Å². The Hall–Kier alpha value is -3.96. The summed E-state index contributed by atoms with van der Waals surface area (Å²) in [7, 11) is 0. The van der Waals surface area contributed by atoms with Crippen LogP contribution in [0.5, 0.6) is 5.75 Å². The Bertz CT molecular complexity index is 1010. The number of carbonyl (C=O) groups is 4. The molecule has 35 heavy (non-hydrogen) atoms. The molecule has 0 bridgehead atoms. The van der Waals surface area contributed by atoms with Gasteiger partial charge in [0, 0.05) is 6.42 Å². The number of hydrogen-bond donors (Lipinski definition) is 7. The molecule has 0 aliphatic heterocycles. The van der Waals surface area contributed by atoms with Crippen LogP contribution in [-0.2, 0) is 32.0 Å². The zero-order valence-electron chi connectivity index (χ0n) is 19.2. The van der Waals surface area contributed by atoms with Gasteiger partial charge in [0.1, 0.15) is 23.9 Å². The molecule has 0 heterocycles. The summed E-state index contributed by atoms with van der Waals surface area (Å²) in [6, 6.07) is 10.1. The fraction of sp³-hybridized carbons (Fsp3) is 0.333. The van der Waals surface area contributed by atoms with E-state index in [2.05, 4.69) is 16.0 Å². The lowest BCUT2D eigenvalue weighted by Crippen LogP contribution is -2.57. The van der Waals surface area contributed by atoms with E-state index in [0.29, 0.717) is 5.56 Å². The number of carbonyl (C=O) groups excluding carboxylic acids is 3. The largest absolute Gasteiger partial charge is 0.508 e. The van der Waals surface area contributed by atoms with Gasteiger partial charge in [0.05, 0.1) is 12.6 Å². The highest BCUT2D eigenvalue weighted by atomic mass is 16.4. The number of carboxylic acids is 1. The number of nitrogens with one attached hydrogen (secondary N) is 3. The Kier molecular flexibility index (Phi) is 10.2. The molecule has 2 rings (SSSR count). The third-order valence-electron chi connectivity index (χ3n) is 5.19. The van der Waals surface area contributed by atoms with Crippen molar-refractivity contribution >= 4 is 23.7 Å². The van der Waals surface area contributed by atoms with Gasteiger partial charge in [0.25, 0.3) is 0 Å². The van der Waals surface area contributed by atoms with Gasteiger partial charge < -0.3 is 37.0 Å². The second-order valence-electron chi connectivity index (χ2n) is 8.04. The van der Waals surface area contributed by atoms with E-state index >= 15 is 0 Å². The molecule has 2 aromatic carbocycles. The maximum absolute atomic E-state index is 12.5. The number of phenols is 1. The SMILES string of the molecule is CC(NC(=O)C(CO)NC(=O)C(N)Cc1ccccc1)C(=O)NC(Cc1ccc(O)cc1)C(=O)O. The quantitative estimate of drug-likeness (QED) is 0.200. The van der Waals surface area contributed by atoms with Gasteiger partial charge in [-0.3, -0.25) is 14.4 Å². The van der Waals surface area contributed by atoms with E-state index < -0.39 is 54.5 Å². The van der Waals surface area contributed by atoms with Crippen molar-refractivity contribution < 1.29 is 34.5 Å². The zero-order valence-corrected chi connectivity index (χ0v) is 19.2. The number of nitrogens with two attached hydrogens (primary N) is 1. The first-order valence-electron chi connectivity index (χ1n) is 10.9. The predicted molar refractivity (Wildman–Crippen MR) is 126 cm³/mol. The number of rotatable bonds is 12. The summed E-state index contributed by atoms with van der Waals surface area (Å²) in [5.74, 6) is -3.51. The normalized spacial score (nSPS) is 14.1. The Morgan fingerprint density at radius 2 is 1.37 bits per heavy atom. The first-order chi connectivity index (χ1) is 16.6. The molecule has 4 atom stereocenters. The van der Waals surface area contributed by atoms with Crippen molar-refractivity contribution in [2.45, 2.75) is 43.9 Å². The van der Waals surface area contributed by atoms with E-state index in [1.54, 1.807) is 24.3 Å². The molecule has 0 saturated carbocycles. The van der Waals surface area contributed by atoms with Crippen molar-refractivity contribution in [2.24, 2.45) is 5.73 Å². The van der Waals surface area contributed by atoms with Gasteiger partial charge in [-0.1, -0.05) is 42.5 Å². The predicted octanol–water partition coefficient (Wildman–Crippen LogP) is -0.944. The van der Waals surface area contributed by atoms with Crippen LogP contribution < -0.4 is 21.7 Å². The molecule has 8 N–H and O–H groups in total. The molecular formula is C24H30N4O7. The molecule has 0 aromatic heterocycles. The molecule has 11 heteroatoms. The molecule has 0 radical (unpaired) electrons. The lowest BCUT2D eigenvalue weighted by atomic mass is 10.1. The molecule has 4 unspecified atom stereocenters. The molecule has 0 fully saturated rings. The highest BCUT2D eigenvalue weighted by Gasteiger charge is 2.28. The van der Waals surface area contributed by atoms with Crippen LogP contribution in [0.1, 0.15) is 18.1 Å². The molecular weight excluding hydrogens is 456 g/mol. The molecule has 3 amide bonds. The highest BCUT2D eigenvalue weighted by molar-refractivity contribution is 5.94. The van der Waals surface area contributed by atoms with Gasteiger partial charge in [-0.2, -0.15) is 0 Å². The second-order valence-corrected chi connectivity index (χ2v) is 8.04. The number of aromatic hydroxyl groups is 1. The van der Waals surface area contributed by atoms with Crippen molar-refractivity contribution in [3.63, 3.8) is 0 Å². The Labute approximate surface area is 202 Å². The number of benzene rings is 2. The maximum Gasteiger partial charge on any atom is 0.326 e. The Morgan fingerprint density at radius 1 is 0.800 bits per heavy atom. The Morgan fingerprint density at radius 3 is 1.94 bits per heavy atom. The zero-order chi connectivity index (χ0) is 26.0. The fourth-order valence-electron chi connectivity index (χ4n) is 3.18. The van der Waals surface area contributed by atoms with Gasteiger partial charge in [0.15, 0.2) is 0 Å². The summed E-state index contributed by atoms with van der Waals surface area (Å²) in [5, 5.41) is 35.4. The highest BCUT2D eigenvalue weighted by Crippen LogP contribution is 2.11. The number of aliphatic carboxylic acids is 1. The minimum absolute atomic E-state index is 0.0209. The molecule has 0 aliphatic rings. The summed E-state index contributed by atoms with van der Waals surface area (Å²) >= 11 is 0. The van der Waals surface area contributed by atoms with E-state index in [4.69, 9.17) is 5.73 Å².